The molecule has 0 heterocycles. The van der Waals surface area contributed by atoms with Gasteiger partial charge >= 0.3 is 0 Å². The Bertz CT molecular complexity index is 345. The van der Waals surface area contributed by atoms with Gasteiger partial charge in [0.25, 0.3) is 0 Å². The quantitative estimate of drug-likeness (QED) is 0.748. The highest BCUT2D eigenvalue weighted by molar-refractivity contribution is 5.73. The van der Waals surface area contributed by atoms with Crippen molar-refractivity contribution in [3.8, 4) is 0 Å². The van der Waals surface area contributed by atoms with Crippen LogP contribution in [-0.4, -0.2) is 17.0 Å². The number of aliphatic hydroxyl groups is 1. The molecule has 0 aromatic carbocycles. The fraction of sp³-hybridized carbons (Fsp3) is 0.800. The van der Waals surface area contributed by atoms with Gasteiger partial charge in [-0.1, -0.05) is 26.8 Å². The minimum absolute atomic E-state index is 0.0350. The summed E-state index contributed by atoms with van der Waals surface area (Å²) in [6, 6.07) is 0. The summed E-state index contributed by atoms with van der Waals surface area (Å²) in [6.07, 6.45) is 7.53. The standard InChI is InChI=1S/C15H24O2/c1-11(2)13-6-8-14(3)7-4-12(10-16)5-9-15(13,14)17/h4,10-11,13,17H,5-9H2,1-3H3/t13-,14+,15+/m1/s1. The number of hydrogen-bond acceptors (Lipinski definition) is 2. The van der Waals surface area contributed by atoms with Gasteiger partial charge in [-0.05, 0) is 49.5 Å². The second kappa shape index (κ2) is 4.24. The summed E-state index contributed by atoms with van der Waals surface area (Å²) in [6.45, 7) is 6.60. The van der Waals surface area contributed by atoms with Crippen molar-refractivity contribution in [3.05, 3.63) is 11.6 Å². The summed E-state index contributed by atoms with van der Waals surface area (Å²) < 4.78 is 0. The zero-order valence-corrected chi connectivity index (χ0v) is 11.2. The van der Waals surface area contributed by atoms with Crippen LogP contribution in [0.1, 0.15) is 52.9 Å². The molecule has 3 atom stereocenters. The smallest absolute Gasteiger partial charge is 0.145 e. The van der Waals surface area contributed by atoms with Crippen molar-refractivity contribution in [1.82, 2.24) is 0 Å². The van der Waals surface area contributed by atoms with Crippen LogP contribution in [0, 0.1) is 17.3 Å². The maximum absolute atomic E-state index is 11.1. The van der Waals surface area contributed by atoms with Gasteiger partial charge in [-0.15, -0.1) is 0 Å². The molecule has 1 N–H and O–H groups in total. The molecular weight excluding hydrogens is 212 g/mol. The highest BCUT2D eigenvalue weighted by atomic mass is 16.3. The molecule has 2 aliphatic rings. The lowest BCUT2D eigenvalue weighted by Crippen LogP contribution is -2.47. The molecule has 0 saturated heterocycles. The summed E-state index contributed by atoms with van der Waals surface area (Å²) >= 11 is 0. The van der Waals surface area contributed by atoms with Crippen LogP contribution in [0.2, 0.25) is 0 Å². The molecule has 2 aliphatic carbocycles. The molecule has 0 amide bonds. The predicted molar refractivity (Wildman–Crippen MR) is 68.6 cm³/mol. The lowest BCUT2D eigenvalue weighted by molar-refractivity contribution is -0.105. The fourth-order valence-electron chi connectivity index (χ4n) is 3.93. The summed E-state index contributed by atoms with van der Waals surface area (Å²) in [5, 5.41) is 11.1. The van der Waals surface area contributed by atoms with Gasteiger partial charge in [-0.2, -0.15) is 0 Å². The lowest BCUT2D eigenvalue weighted by atomic mass is 9.67. The minimum atomic E-state index is -0.581. The first-order valence-electron chi connectivity index (χ1n) is 6.79. The van der Waals surface area contributed by atoms with Gasteiger partial charge in [0.1, 0.15) is 6.29 Å². The van der Waals surface area contributed by atoms with E-state index in [0.717, 1.165) is 44.0 Å². The first-order valence-corrected chi connectivity index (χ1v) is 6.79. The fourth-order valence-corrected chi connectivity index (χ4v) is 3.93. The second-order valence-electron chi connectivity index (χ2n) is 6.48. The zero-order chi connectivity index (χ0) is 12.7. The molecule has 96 valence electrons. The maximum atomic E-state index is 11.1. The number of rotatable bonds is 2. The SMILES string of the molecule is CC(C)[C@H]1CC[C@]2(C)CC=C(C=O)CC[C@]12O. The second-order valence-corrected chi connectivity index (χ2v) is 6.48. The Morgan fingerprint density at radius 2 is 2.18 bits per heavy atom. The van der Waals surface area contributed by atoms with Crippen molar-refractivity contribution < 1.29 is 9.90 Å². The van der Waals surface area contributed by atoms with Crippen LogP contribution in [0.25, 0.3) is 0 Å². The Labute approximate surface area is 104 Å². The van der Waals surface area contributed by atoms with E-state index in [0.29, 0.717) is 11.8 Å². The van der Waals surface area contributed by atoms with Crippen molar-refractivity contribution in [1.29, 1.82) is 0 Å². The topological polar surface area (TPSA) is 37.3 Å². The van der Waals surface area contributed by atoms with E-state index in [4.69, 9.17) is 0 Å². The van der Waals surface area contributed by atoms with E-state index < -0.39 is 5.60 Å². The molecule has 0 radical (unpaired) electrons. The molecule has 1 fully saturated rings. The Morgan fingerprint density at radius 1 is 1.47 bits per heavy atom. The average molecular weight is 236 g/mol. The maximum Gasteiger partial charge on any atom is 0.145 e. The Morgan fingerprint density at radius 3 is 2.76 bits per heavy atom. The number of allylic oxidation sites excluding steroid dienone is 2. The van der Waals surface area contributed by atoms with E-state index in [1.807, 2.05) is 6.08 Å². The van der Waals surface area contributed by atoms with Crippen LogP contribution >= 0.6 is 0 Å². The Kier molecular flexibility index (Phi) is 3.19. The number of aldehydes is 1. The summed E-state index contributed by atoms with van der Waals surface area (Å²) in [5.74, 6) is 0.895. The third-order valence-corrected chi connectivity index (χ3v) is 5.23. The summed E-state index contributed by atoms with van der Waals surface area (Å²) in [7, 11) is 0. The van der Waals surface area contributed by atoms with Crippen molar-refractivity contribution >= 4 is 6.29 Å². The monoisotopic (exact) mass is 236 g/mol. The molecule has 0 spiro atoms. The van der Waals surface area contributed by atoms with E-state index in [2.05, 4.69) is 20.8 Å². The van der Waals surface area contributed by atoms with Crippen molar-refractivity contribution in [2.75, 3.05) is 0 Å². The molecule has 17 heavy (non-hydrogen) atoms. The van der Waals surface area contributed by atoms with Gasteiger partial charge in [0, 0.05) is 5.41 Å². The number of fused-ring (bicyclic) bond motifs is 1. The van der Waals surface area contributed by atoms with E-state index >= 15 is 0 Å². The van der Waals surface area contributed by atoms with Crippen molar-refractivity contribution in [2.24, 2.45) is 17.3 Å². The number of carbonyl (C=O) groups is 1. The molecular formula is C15H24O2. The molecule has 0 aromatic rings. The molecule has 0 bridgehead atoms. The molecule has 2 rings (SSSR count). The van der Waals surface area contributed by atoms with Gasteiger partial charge in [0.05, 0.1) is 5.60 Å². The van der Waals surface area contributed by atoms with Crippen LogP contribution in [-0.2, 0) is 4.79 Å². The Balaban J connectivity index is 2.31. The lowest BCUT2D eigenvalue weighted by Gasteiger charge is -2.43. The van der Waals surface area contributed by atoms with Crippen LogP contribution in [0.15, 0.2) is 11.6 Å². The first kappa shape index (κ1) is 12.8. The normalized spacial score (nSPS) is 41.9. The highest BCUT2D eigenvalue weighted by Crippen LogP contribution is 2.57. The molecule has 2 nitrogen and oxygen atoms in total. The minimum Gasteiger partial charge on any atom is -0.389 e. The third kappa shape index (κ3) is 1.87. The van der Waals surface area contributed by atoms with E-state index in [1.54, 1.807) is 0 Å². The third-order valence-electron chi connectivity index (χ3n) is 5.23. The van der Waals surface area contributed by atoms with E-state index in [1.165, 1.54) is 0 Å². The molecule has 0 unspecified atom stereocenters. The van der Waals surface area contributed by atoms with Crippen LogP contribution in [0.4, 0.5) is 0 Å². The van der Waals surface area contributed by atoms with Gasteiger partial charge in [-0.3, -0.25) is 4.79 Å². The van der Waals surface area contributed by atoms with Crippen molar-refractivity contribution in [3.63, 3.8) is 0 Å². The molecule has 0 aromatic heterocycles. The zero-order valence-electron chi connectivity index (χ0n) is 11.2. The highest BCUT2D eigenvalue weighted by Gasteiger charge is 2.56. The number of carbonyl (C=O) groups excluding carboxylic acids is 1. The number of hydrogen-bond donors (Lipinski definition) is 1. The van der Waals surface area contributed by atoms with E-state index in [-0.39, 0.29) is 5.41 Å². The van der Waals surface area contributed by atoms with Gasteiger partial charge in [0.2, 0.25) is 0 Å². The Hall–Kier alpha value is -0.630. The average Bonchev–Trinajstić information content (AvgIpc) is 2.45. The predicted octanol–water partition coefficient (Wildman–Crippen LogP) is 3.10. The largest absolute Gasteiger partial charge is 0.389 e. The summed E-state index contributed by atoms with van der Waals surface area (Å²) in [4.78, 5) is 10.9. The first-order chi connectivity index (χ1) is 7.93. The summed E-state index contributed by atoms with van der Waals surface area (Å²) in [5.41, 5.74) is 0.256. The van der Waals surface area contributed by atoms with Crippen molar-refractivity contribution in [2.45, 2.75) is 58.5 Å². The molecule has 1 saturated carbocycles. The van der Waals surface area contributed by atoms with Gasteiger partial charge in [0.15, 0.2) is 0 Å². The molecule has 0 aliphatic heterocycles. The van der Waals surface area contributed by atoms with Crippen LogP contribution < -0.4 is 0 Å². The molecule has 2 heteroatoms. The van der Waals surface area contributed by atoms with Crippen LogP contribution in [0.3, 0.4) is 0 Å². The van der Waals surface area contributed by atoms with Gasteiger partial charge < -0.3 is 5.11 Å². The van der Waals surface area contributed by atoms with Crippen LogP contribution in [0.5, 0.6) is 0 Å². The van der Waals surface area contributed by atoms with E-state index in [9.17, 15) is 9.90 Å². The van der Waals surface area contributed by atoms with Gasteiger partial charge in [-0.25, -0.2) is 0 Å².